The zero-order valence-corrected chi connectivity index (χ0v) is 13.0. The van der Waals surface area contributed by atoms with Crippen molar-refractivity contribution in [3.63, 3.8) is 0 Å². The van der Waals surface area contributed by atoms with E-state index in [1.807, 2.05) is 19.1 Å². The molecule has 0 aliphatic rings. The highest BCUT2D eigenvalue weighted by molar-refractivity contribution is 7.99. The Morgan fingerprint density at radius 2 is 2.19 bits per heavy atom. The Morgan fingerprint density at radius 3 is 2.90 bits per heavy atom. The molecule has 21 heavy (non-hydrogen) atoms. The van der Waals surface area contributed by atoms with E-state index < -0.39 is 0 Å². The summed E-state index contributed by atoms with van der Waals surface area (Å²) in [5, 5.41) is 10.5. The summed E-state index contributed by atoms with van der Waals surface area (Å²) in [7, 11) is 0. The molecule has 2 rings (SSSR count). The molecule has 0 fully saturated rings. The number of H-pyrrole nitrogens is 1. The number of amides is 1. The third kappa shape index (κ3) is 4.86. The van der Waals surface area contributed by atoms with Crippen molar-refractivity contribution in [1.29, 1.82) is 0 Å². The number of pyridine rings is 1. The molecule has 0 saturated heterocycles. The van der Waals surface area contributed by atoms with Crippen molar-refractivity contribution in [1.82, 2.24) is 25.5 Å². The van der Waals surface area contributed by atoms with E-state index in [-0.39, 0.29) is 11.9 Å². The van der Waals surface area contributed by atoms with E-state index >= 15 is 0 Å². The lowest BCUT2D eigenvalue weighted by molar-refractivity contribution is -0.119. The van der Waals surface area contributed by atoms with Gasteiger partial charge in [-0.25, -0.2) is 4.98 Å². The van der Waals surface area contributed by atoms with Gasteiger partial charge in [0.15, 0.2) is 5.82 Å². The average Bonchev–Trinajstić information content (AvgIpc) is 2.95. The topological polar surface area (TPSA) is 83.6 Å². The molecule has 2 N–H and O–H groups in total. The van der Waals surface area contributed by atoms with Gasteiger partial charge in [-0.15, -0.1) is 5.10 Å². The second-order valence-corrected chi connectivity index (χ2v) is 5.69. The molecule has 6 nitrogen and oxygen atoms in total. The highest BCUT2D eigenvalue weighted by atomic mass is 32.2. The van der Waals surface area contributed by atoms with Gasteiger partial charge in [-0.2, -0.15) is 0 Å². The number of nitrogens with one attached hydrogen (secondary N) is 2. The summed E-state index contributed by atoms with van der Waals surface area (Å²) in [6.45, 7) is 4.12. The van der Waals surface area contributed by atoms with E-state index in [4.69, 9.17) is 0 Å². The van der Waals surface area contributed by atoms with Gasteiger partial charge < -0.3 is 5.32 Å². The zero-order valence-electron chi connectivity index (χ0n) is 12.2. The number of rotatable bonds is 7. The first-order chi connectivity index (χ1) is 10.2. The first kappa shape index (κ1) is 15.5. The molecule has 1 atom stereocenters. The van der Waals surface area contributed by atoms with Crippen molar-refractivity contribution in [2.75, 3.05) is 5.75 Å². The van der Waals surface area contributed by atoms with Crippen LogP contribution in [-0.4, -0.2) is 37.9 Å². The summed E-state index contributed by atoms with van der Waals surface area (Å²) in [5.41, 5.74) is 0.922. The predicted molar refractivity (Wildman–Crippen MR) is 82.9 cm³/mol. The van der Waals surface area contributed by atoms with Crippen LogP contribution in [0.5, 0.6) is 0 Å². The first-order valence-corrected chi connectivity index (χ1v) is 7.92. The fraction of sp³-hybridized carbons (Fsp3) is 0.429. The molecule has 2 aromatic rings. The average molecular weight is 305 g/mol. The zero-order chi connectivity index (χ0) is 15.1. The fourth-order valence-corrected chi connectivity index (χ4v) is 2.51. The Hall–Kier alpha value is -1.89. The summed E-state index contributed by atoms with van der Waals surface area (Å²) in [4.78, 5) is 20.1. The monoisotopic (exact) mass is 305 g/mol. The maximum Gasteiger partial charge on any atom is 0.230 e. The predicted octanol–water partition coefficient (Wildman–Crippen LogP) is 2.26. The van der Waals surface area contributed by atoms with Crippen LogP contribution < -0.4 is 5.32 Å². The molecule has 0 spiro atoms. The molecular weight excluding hydrogens is 286 g/mol. The first-order valence-electron chi connectivity index (χ1n) is 6.94. The lowest BCUT2D eigenvalue weighted by Crippen LogP contribution is -2.33. The van der Waals surface area contributed by atoms with Crippen LogP contribution in [-0.2, 0) is 4.79 Å². The highest BCUT2D eigenvalue weighted by Gasteiger charge is 2.10. The molecule has 0 aromatic carbocycles. The highest BCUT2D eigenvalue weighted by Crippen LogP contribution is 2.18. The molecule has 0 radical (unpaired) electrons. The summed E-state index contributed by atoms with van der Waals surface area (Å²) in [6.07, 6.45) is 5.45. The quantitative estimate of drug-likeness (QED) is 0.767. The van der Waals surface area contributed by atoms with Crippen molar-refractivity contribution < 1.29 is 4.79 Å². The van der Waals surface area contributed by atoms with Gasteiger partial charge in [-0.3, -0.25) is 14.9 Å². The summed E-state index contributed by atoms with van der Waals surface area (Å²) >= 11 is 1.32. The van der Waals surface area contributed by atoms with Gasteiger partial charge in [0.1, 0.15) is 0 Å². The normalized spacial score (nSPS) is 12.1. The summed E-state index contributed by atoms with van der Waals surface area (Å²) in [6, 6.07) is 3.92. The van der Waals surface area contributed by atoms with Crippen molar-refractivity contribution >= 4 is 17.7 Å². The number of carbonyl (C=O) groups is 1. The van der Waals surface area contributed by atoms with Crippen LogP contribution in [0.3, 0.4) is 0 Å². The second-order valence-electron chi connectivity index (χ2n) is 4.75. The largest absolute Gasteiger partial charge is 0.353 e. The Morgan fingerprint density at radius 1 is 1.43 bits per heavy atom. The number of hydrogen-bond acceptors (Lipinski definition) is 5. The van der Waals surface area contributed by atoms with Gasteiger partial charge in [-0.05, 0) is 25.5 Å². The van der Waals surface area contributed by atoms with Gasteiger partial charge in [-0.1, -0.05) is 25.1 Å². The van der Waals surface area contributed by atoms with E-state index in [1.54, 1.807) is 12.4 Å². The van der Waals surface area contributed by atoms with Crippen molar-refractivity contribution in [3.05, 3.63) is 24.5 Å². The minimum absolute atomic E-state index is 0.0104. The van der Waals surface area contributed by atoms with Crippen molar-refractivity contribution in [2.45, 2.75) is 37.9 Å². The lowest BCUT2D eigenvalue weighted by atomic mass is 10.2. The van der Waals surface area contributed by atoms with Gasteiger partial charge in [0.05, 0.1) is 5.75 Å². The third-order valence-corrected chi connectivity index (χ3v) is 3.73. The van der Waals surface area contributed by atoms with Gasteiger partial charge >= 0.3 is 0 Å². The molecule has 112 valence electrons. The van der Waals surface area contributed by atoms with Crippen LogP contribution in [0.15, 0.2) is 29.7 Å². The van der Waals surface area contributed by atoms with Crippen LogP contribution in [0.4, 0.5) is 0 Å². The molecule has 0 bridgehead atoms. The van der Waals surface area contributed by atoms with Crippen LogP contribution in [0.25, 0.3) is 11.4 Å². The minimum atomic E-state index is 0.0104. The lowest BCUT2D eigenvalue weighted by Gasteiger charge is -2.11. The molecule has 7 heteroatoms. The Bertz CT molecular complexity index is 572. The van der Waals surface area contributed by atoms with Gasteiger partial charge in [0, 0.05) is 24.0 Å². The molecule has 0 saturated carbocycles. The van der Waals surface area contributed by atoms with E-state index in [9.17, 15) is 4.79 Å². The maximum atomic E-state index is 11.8. The number of aromatic amines is 1. The molecule has 0 aliphatic carbocycles. The van der Waals surface area contributed by atoms with Crippen LogP contribution in [0.2, 0.25) is 0 Å². The second kappa shape index (κ2) is 7.78. The molecular formula is C14H19N5OS. The van der Waals surface area contributed by atoms with Gasteiger partial charge in [0.25, 0.3) is 0 Å². The van der Waals surface area contributed by atoms with Crippen molar-refractivity contribution in [2.24, 2.45) is 0 Å². The standard InChI is InChI=1S/C14H19N5OS/c1-3-4-10(2)16-12(20)9-21-14-17-13(18-19-14)11-5-7-15-8-6-11/h5-8,10H,3-4,9H2,1-2H3,(H,16,20)(H,17,18,19). The number of aromatic nitrogens is 4. The van der Waals surface area contributed by atoms with Crippen LogP contribution in [0.1, 0.15) is 26.7 Å². The smallest absolute Gasteiger partial charge is 0.230 e. The SMILES string of the molecule is CCCC(C)NC(=O)CSc1n[nH]c(-c2ccncc2)n1. The van der Waals surface area contributed by atoms with Gasteiger partial charge in [0.2, 0.25) is 11.1 Å². The Labute approximate surface area is 128 Å². The van der Waals surface area contributed by atoms with Crippen LogP contribution >= 0.6 is 11.8 Å². The summed E-state index contributed by atoms with van der Waals surface area (Å²) in [5.74, 6) is 1.01. The number of carbonyl (C=O) groups excluding carboxylic acids is 1. The molecule has 1 unspecified atom stereocenters. The maximum absolute atomic E-state index is 11.8. The van der Waals surface area contributed by atoms with E-state index in [0.717, 1.165) is 18.4 Å². The molecule has 2 aromatic heterocycles. The van der Waals surface area contributed by atoms with E-state index in [2.05, 4.69) is 32.4 Å². The number of hydrogen-bond donors (Lipinski definition) is 2. The Kier molecular flexibility index (Phi) is 5.74. The van der Waals surface area contributed by atoms with Crippen LogP contribution in [0, 0.1) is 0 Å². The van der Waals surface area contributed by atoms with E-state index in [1.165, 1.54) is 11.8 Å². The minimum Gasteiger partial charge on any atom is -0.353 e. The summed E-state index contributed by atoms with van der Waals surface area (Å²) < 4.78 is 0. The molecule has 0 aliphatic heterocycles. The fourth-order valence-electron chi connectivity index (χ4n) is 1.90. The van der Waals surface area contributed by atoms with E-state index in [0.29, 0.717) is 16.7 Å². The molecule has 2 heterocycles. The number of nitrogens with zero attached hydrogens (tertiary/aromatic N) is 3. The Balaban J connectivity index is 1.84. The molecule has 1 amide bonds. The number of thioether (sulfide) groups is 1. The van der Waals surface area contributed by atoms with Crippen molar-refractivity contribution in [3.8, 4) is 11.4 Å². The third-order valence-electron chi connectivity index (χ3n) is 2.88.